The average molecular weight is 315 g/mol. The molecule has 0 N–H and O–H groups in total. The van der Waals surface area contributed by atoms with Gasteiger partial charge < -0.3 is 9.80 Å². The number of hydrogen-bond donors (Lipinski definition) is 0. The van der Waals surface area contributed by atoms with Crippen molar-refractivity contribution in [1.29, 1.82) is 0 Å². The van der Waals surface area contributed by atoms with E-state index in [1.165, 1.54) is 0 Å². The van der Waals surface area contributed by atoms with Gasteiger partial charge in [-0.15, -0.1) is 0 Å². The van der Waals surface area contributed by atoms with Crippen molar-refractivity contribution in [2.24, 2.45) is 5.92 Å². The highest BCUT2D eigenvalue weighted by Crippen LogP contribution is 2.21. The van der Waals surface area contributed by atoms with Gasteiger partial charge in [-0.2, -0.15) is 0 Å². The molecule has 6 nitrogen and oxygen atoms in total. The molecule has 1 unspecified atom stereocenters. The highest BCUT2D eigenvalue weighted by Gasteiger charge is 2.37. The van der Waals surface area contributed by atoms with E-state index in [4.69, 9.17) is 0 Å². The maximum Gasteiger partial charge on any atom is 0.320 e. The quantitative estimate of drug-likeness (QED) is 0.643. The Morgan fingerprint density at radius 1 is 1.00 bits per heavy atom. The van der Waals surface area contributed by atoms with Crippen LogP contribution in [0.5, 0.6) is 0 Å². The first-order valence-corrected chi connectivity index (χ1v) is 9.75. The SMILES string of the molecule is CC1CCN(C(=O)N2CCN3CCS(=O)(=O)CC3C2)CC1. The Morgan fingerprint density at radius 2 is 1.71 bits per heavy atom. The normalized spacial score (nSPS) is 31.0. The van der Waals surface area contributed by atoms with Crippen LogP contribution in [-0.4, -0.2) is 86.0 Å². The Labute approximate surface area is 127 Å². The van der Waals surface area contributed by atoms with Crippen molar-refractivity contribution in [3.63, 3.8) is 0 Å². The van der Waals surface area contributed by atoms with Gasteiger partial charge in [-0.1, -0.05) is 6.92 Å². The summed E-state index contributed by atoms with van der Waals surface area (Å²) in [6, 6.07) is 0.0923. The number of piperazine rings is 1. The second-order valence-electron chi connectivity index (χ2n) is 6.70. The Kier molecular flexibility index (Phi) is 4.14. The minimum Gasteiger partial charge on any atom is -0.325 e. The number of amides is 2. The van der Waals surface area contributed by atoms with Crippen LogP contribution in [0.2, 0.25) is 0 Å². The summed E-state index contributed by atoms with van der Waals surface area (Å²) in [5.74, 6) is 1.17. The third-order valence-corrected chi connectivity index (χ3v) is 6.76. The van der Waals surface area contributed by atoms with Gasteiger partial charge in [0, 0.05) is 45.3 Å². The van der Waals surface area contributed by atoms with Crippen LogP contribution < -0.4 is 0 Å². The van der Waals surface area contributed by atoms with Gasteiger partial charge in [0.15, 0.2) is 9.84 Å². The maximum atomic E-state index is 12.6. The fourth-order valence-electron chi connectivity index (χ4n) is 3.55. The van der Waals surface area contributed by atoms with E-state index in [0.29, 0.717) is 19.0 Å². The summed E-state index contributed by atoms with van der Waals surface area (Å²) in [4.78, 5) is 18.6. The van der Waals surface area contributed by atoms with Crippen molar-refractivity contribution in [1.82, 2.24) is 14.7 Å². The fourth-order valence-corrected chi connectivity index (χ4v) is 5.13. The molecule has 3 rings (SSSR count). The molecular formula is C14H25N3O3S. The van der Waals surface area contributed by atoms with Gasteiger partial charge in [0.25, 0.3) is 0 Å². The molecule has 21 heavy (non-hydrogen) atoms. The van der Waals surface area contributed by atoms with Crippen molar-refractivity contribution in [3.8, 4) is 0 Å². The number of rotatable bonds is 0. The summed E-state index contributed by atoms with van der Waals surface area (Å²) in [7, 11) is -2.93. The predicted octanol–water partition coefficient (Wildman–Crippen LogP) is 0.253. The summed E-state index contributed by atoms with van der Waals surface area (Å²) in [5.41, 5.74) is 0. The Morgan fingerprint density at radius 3 is 2.43 bits per heavy atom. The van der Waals surface area contributed by atoms with E-state index in [-0.39, 0.29) is 23.6 Å². The summed E-state index contributed by atoms with van der Waals surface area (Å²) in [6.45, 7) is 6.61. The van der Waals surface area contributed by atoms with Crippen LogP contribution in [0.25, 0.3) is 0 Å². The van der Waals surface area contributed by atoms with Crippen LogP contribution in [0.15, 0.2) is 0 Å². The van der Waals surface area contributed by atoms with Gasteiger partial charge in [-0.05, 0) is 18.8 Å². The van der Waals surface area contributed by atoms with E-state index in [1.807, 2.05) is 9.80 Å². The molecule has 1 atom stereocenters. The third kappa shape index (κ3) is 3.34. The van der Waals surface area contributed by atoms with Crippen molar-refractivity contribution < 1.29 is 13.2 Å². The number of carbonyl (C=O) groups is 1. The Hall–Kier alpha value is -0.820. The number of sulfone groups is 1. The first-order chi connectivity index (χ1) is 9.94. The number of hydrogen-bond acceptors (Lipinski definition) is 4. The molecule has 0 saturated carbocycles. The zero-order chi connectivity index (χ0) is 15.0. The number of urea groups is 1. The van der Waals surface area contributed by atoms with Crippen LogP contribution in [0.4, 0.5) is 4.79 Å². The van der Waals surface area contributed by atoms with Crippen LogP contribution in [0.1, 0.15) is 19.8 Å². The van der Waals surface area contributed by atoms with Crippen molar-refractivity contribution in [2.45, 2.75) is 25.8 Å². The van der Waals surface area contributed by atoms with Crippen LogP contribution in [0.3, 0.4) is 0 Å². The highest BCUT2D eigenvalue weighted by atomic mass is 32.2. The lowest BCUT2D eigenvalue weighted by molar-refractivity contribution is 0.0765. The van der Waals surface area contributed by atoms with Crippen molar-refractivity contribution >= 4 is 15.9 Å². The molecule has 0 aliphatic carbocycles. The number of carbonyl (C=O) groups excluding carboxylic acids is 1. The lowest BCUT2D eigenvalue weighted by atomic mass is 9.99. The minimum absolute atomic E-state index is 0.00911. The van der Waals surface area contributed by atoms with Crippen LogP contribution >= 0.6 is 0 Å². The fraction of sp³-hybridized carbons (Fsp3) is 0.929. The largest absolute Gasteiger partial charge is 0.325 e. The smallest absolute Gasteiger partial charge is 0.320 e. The molecule has 3 fully saturated rings. The van der Waals surface area contributed by atoms with E-state index in [1.54, 1.807) is 0 Å². The van der Waals surface area contributed by atoms with Gasteiger partial charge in [-0.25, -0.2) is 13.2 Å². The zero-order valence-corrected chi connectivity index (χ0v) is 13.5. The summed E-state index contributed by atoms with van der Waals surface area (Å²) < 4.78 is 23.6. The zero-order valence-electron chi connectivity index (χ0n) is 12.7. The Balaban J connectivity index is 1.61. The minimum atomic E-state index is -2.93. The van der Waals surface area contributed by atoms with E-state index < -0.39 is 9.84 Å². The number of nitrogens with zero attached hydrogens (tertiary/aromatic N) is 3. The maximum absolute atomic E-state index is 12.6. The third-order valence-electron chi connectivity index (χ3n) is 5.07. The van der Waals surface area contributed by atoms with Crippen LogP contribution in [0, 0.1) is 5.92 Å². The lowest BCUT2D eigenvalue weighted by Crippen LogP contribution is -2.62. The molecule has 0 spiro atoms. The molecule has 120 valence electrons. The average Bonchev–Trinajstić information content (AvgIpc) is 2.45. The van der Waals surface area contributed by atoms with Gasteiger partial charge in [0.2, 0.25) is 0 Å². The molecule has 3 saturated heterocycles. The molecule has 3 heterocycles. The van der Waals surface area contributed by atoms with E-state index in [9.17, 15) is 13.2 Å². The van der Waals surface area contributed by atoms with E-state index in [2.05, 4.69) is 11.8 Å². The van der Waals surface area contributed by atoms with Gasteiger partial charge in [-0.3, -0.25) is 4.90 Å². The van der Waals surface area contributed by atoms with Gasteiger partial charge >= 0.3 is 6.03 Å². The monoisotopic (exact) mass is 315 g/mol. The van der Waals surface area contributed by atoms with E-state index in [0.717, 1.165) is 39.0 Å². The summed E-state index contributed by atoms with van der Waals surface area (Å²) in [6.07, 6.45) is 2.15. The number of piperidine rings is 1. The molecule has 2 amide bonds. The summed E-state index contributed by atoms with van der Waals surface area (Å²) >= 11 is 0. The topological polar surface area (TPSA) is 60.9 Å². The molecular weight excluding hydrogens is 290 g/mol. The lowest BCUT2D eigenvalue weighted by Gasteiger charge is -2.45. The molecule has 3 aliphatic rings. The second-order valence-corrected chi connectivity index (χ2v) is 8.93. The molecule has 0 radical (unpaired) electrons. The molecule has 0 bridgehead atoms. The Bertz CT molecular complexity index is 500. The van der Waals surface area contributed by atoms with Crippen LogP contribution in [-0.2, 0) is 9.84 Å². The first kappa shape index (κ1) is 15.1. The molecule has 0 aromatic carbocycles. The molecule has 0 aromatic rings. The van der Waals surface area contributed by atoms with Gasteiger partial charge in [0.05, 0.1) is 11.5 Å². The second kappa shape index (κ2) is 5.76. The molecule has 0 aromatic heterocycles. The van der Waals surface area contributed by atoms with Gasteiger partial charge in [0.1, 0.15) is 0 Å². The summed E-state index contributed by atoms with van der Waals surface area (Å²) in [5, 5.41) is 0. The molecule has 3 aliphatic heterocycles. The highest BCUT2D eigenvalue weighted by molar-refractivity contribution is 7.91. The number of fused-ring (bicyclic) bond motifs is 1. The predicted molar refractivity (Wildman–Crippen MR) is 81.0 cm³/mol. The standard InChI is InChI=1S/C14H25N3O3S/c1-12-2-4-16(5-3-12)14(18)17-7-6-15-8-9-21(19,20)11-13(15)10-17/h12-13H,2-11H2,1H3. The number of likely N-dealkylation sites (tertiary alicyclic amines) is 1. The molecule has 7 heteroatoms. The first-order valence-electron chi connectivity index (χ1n) is 7.93. The van der Waals surface area contributed by atoms with Crippen molar-refractivity contribution in [2.75, 3.05) is 50.8 Å². The van der Waals surface area contributed by atoms with E-state index >= 15 is 0 Å². The van der Waals surface area contributed by atoms with Crippen molar-refractivity contribution in [3.05, 3.63) is 0 Å².